The normalized spacial score (nSPS) is 22.4. The minimum absolute atomic E-state index is 0.515. The van der Waals surface area contributed by atoms with Gasteiger partial charge < -0.3 is 14.7 Å². The summed E-state index contributed by atoms with van der Waals surface area (Å²) in [7, 11) is 0. The molecule has 22 heavy (non-hydrogen) atoms. The maximum Gasteiger partial charge on any atom is 0.166 e. The van der Waals surface area contributed by atoms with Crippen LogP contribution in [-0.4, -0.2) is 42.3 Å². The zero-order valence-corrected chi connectivity index (χ0v) is 13.6. The minimum atomic E-state index is 0.515. The molecular formula is C18H27N3O. The number of nitrogens with zero attached hydrogens (tertiary/aromatic N) is 2. The summed E-state index contributed by atoms with van der Waals surface area (Å²) < 4.78 is 5.45. The molecule has 2 fully saturated rings. The number of piperidine rings is 2. The van der Waals surface area contributed by atoms with Crippen molar-refractivity contribution in [3.05, 3.63) is 29.7 Å². The van der Waals surface area contributed by atoms with Crippen molar-refractivity contribution >= 4 is 12.2 Å². The zero-order valence-electron chi connectivity index (χ0n) is 13.6. The van der Waals surface area contributed by atoms with Crippen molar-refractivity contribution in [2.24, 2.45) is 0 Å². The summed E-state index contributed by atoms with van der Waals surface area (Å²) in [5, 5.41) is 7.79. The van der Waals surface area contributed by atoms with Gasteiger partial charge in [0.05, 0.1) is 5.69 Å². The zero-order chi connectivity index (χ0) is 15.4. The van der Waals surface area contributed by atoms with Gasteiger partial charge in [-0.1, -0.05) is 23.9 Å². The third-order valence-electron chi connectivity index (χ3n) is 5.04. The highest BCUT2D eigenvalue weighted by Gasteiger charge is 2.29. The van der Waals surface area contributed by atoms with Gasteiger partial charge in [0.25, 0.3) is 0 Å². The quantitative estimate of drug-likeness (QED) is 0.926. The van der Waals surface area contributed by atoms with E-state index in [0.717, 1.165) is 23.1 Å². The van der Waals surface area contributed by atoms with Crippen LogP contribution in [0.2, 0.25) is 0 Å². The fourth-order valence-corrected chi connectivity index (χ4v) is 3.81. The van der Waals surface area contributed by atoms with Crippen LogP contribution in [0.4, 0.5) is 0 Å². The Morgan fingerprint density at radius 3 is 2.59 bits per heavy atom. The molecule has 3 rings (SSSR count). The molecule has 120 valence electrons. The molecule has 0 aliphatic carbocycles. The molecule has 1 aromatic rings. The number of rotatable bonds is 4. The molecule has 4 nitrogen and oxygen atoms in total. The van der Waals surface area contributed by atoms with Gasteiger partial charge in [0.2, 0.25) is 0 Å². The number of hydrogen-bond donors (Lipinski definition) is 1. The molecule has 0 bridgehead atoms. The number of allylic oxidation sites excluding steroid dienone is 1. The van der Waals surface area contributed by atoms with Crippen molar-refractivity contribution in [2.45, 2.75) is 44.6 Å². The van der Waals surface area contributed by atoms with E-state index in [9.17, 15) is 0 Å². The number of hydrogen-bond acceptors (Lipinski definition) is 4. The maximum atomic E-state index is 5.45. The van der Waals surface area contributed by atoms with Crippen LogP contribution in [0.1, 0.15) is 55.5 Å². The molecule has 0 atom stereocenters. The van der Waals surface area contributed by atoms with E-state index in [4.69, 9.17) is 4.52 Å². The lowest BCUT2D eigenvalue weighted by molar-refractivity contribution is 0.125. The first kappa shape index (κ1) is 15.5. The summed E-state index contributed by atoms with van der Waals surface area (Å²) in [6.07, 6.45) is 10.8. The standard InChI is InChI=1S/C18H27N3O/c1-3-5-16-17(4-2)22-20-18(16)14-8-12-21(13-9-14)15-6-10-19-11-7-15/h3-5,14-15,19H,2,6-13H2,1H3/b5-3-. The van der Waals surface area contributed by atoms with Gasteiger partial charge in [-0.2, -0.15) is 0 Å². The highest BCUT2D eigenvalue weighted by Crippen LogP contribution is 2.33. The van der Waals surface area contributed by atoms with Crippen LogP contribution >= 0.6 is 0 Å². The number of nitrogens with one attached hydrogen (secondary N) is 1. The van der Waals surface area contributed by atoms with Gasteiger partial charge in [-0.05, 0) is 64.9 Å². The Balaban J connectivity index is 1.66. The topological polar surface area (TPSA) is 41.3 Å². The van der Waals surface area contributed by atoms with Crippen LogP contribution in [0.15, 0.2) is 17.2 Å². The van der Waals surface area contributed by atoms with Crippen LogP contribution in [0, 0.1) is 0 Å². The summed E-state index contributed by atoms with van der Waals surface area (Å²) in [5.41, 5.74) is 2.25. The first-order valence-electron chi connectivity index (χ1n) is 8.53. The smallest absolute Gasteiger partial charge is 0.166 e. The van der Waals surface area contributed by atoms with Gasteiger partial charge in [-0.15, -0.1) is 0 Å². The first-order chi connectivity index (χ1) is 10.8. The molecular weight excluding hydrogens is 274 g/mol. The lowest BCUT2D eigenvalue weighted by atomic mass is 9.89. The van der Waals surface area contributed by atoms with E-state index >= 15 is 0 Å². The minimum Gasteiger partial charge on any atom is -0.356 e. The van der Waals surface area contributed by atoms with Crippen LogP contribution in [0.5, 0.6) is 0 Å². The van der Waals surface area contributed by atoms with E-state index in [1.54, 1.807) is 6.08 Å². The van der Waals surface area contributed by atoms with E-state index in [0.29, 0.717) is 5.92 Å². The van der Waals surface area contributed by atoms with Gasteiger partial charge in [-0.3, -0.25) is 0 Å². The lowest BCUT2D eigenvalue weighted by Gasteiger charge is -2.39. The molecule has 1 aromatic heterocycles. The molecule has 2 aliphatic heterocycles. The van der Waals surface area contributed by atoms with Crippen molar-refractivity contribution in [2.75, 3.05) is 26.2 Å². The second-order valence-electron chi connectivity index (χ2n) is 6.34. The van der Waals surface area contributed by atoms with Crippen LogP contribution < -0.4 is 5.32 Å². The van der Waals surface area contributed by atoms with Crippen molar-refractivity contribution in [3.8, 4) is 0 Å². The fourth-order valence-electron chi connectivity index (χ4n) is 3.81. The highest BCUT2D eigenvalue weighted by atomic mass is 16.5. The summed E-state index contributed by atoms with van der Waals surface area (Å²) in [6, 6.07) is 0.776. The SMILES string of the molecule is C=Cc1onc(C2CCN(C3CCNCC3)CC2)c1/C=C\C. The second-order valence-corrected chi connectivity index (χ2v) is 6.34. The summed E-state index contributed by atoms with van der Waals surface area (Å²) in [4.78, 5) is 2.68. The first-order valence-corrected chi connectivity index (χ1v) is 8.53. The average Bonchev–Trinajstić information content (AvgIpc) is 2.99. The van der Waals surface area contributed by atoms with Gasteiger partial charge >= 0.3 is 0 Å². The molecule has 4 heteroatoms. The lowest BCUT2D eigenvalue weighted by Crippen LogP contribution is -2.46. The Bertz CT molecular complexity index is 520. The molecule has 0 unspecified atom stereocenters. The molecule has 1 N–H and O–H groups in total. The molecule has 0 saturated carbocycles. The average molecular weight is 301 g/mol. The molecule has 0 spiro atoms. The van der Waals surface area contributed by atoms with Gasteiger partial charge in [0.1, 0.15) is 0 Å². The van der Waals surface area contributed by atoms with E-state index in [1.165, 1.54) is 51.9 Å². The summed E-state index contributed by atoms with van der Waals surface area (Å²) in [6.45, 7) is 10.6. The van der Waals surface area contributed by atoms with Gasteiger partial charge in [-0.25, -0.2) is 0 Å². The monoisotopic (exact) mass is 301 g/mol. The molecule has 0 aromatic carbocycles. The molecule has 3 heterocycles. The second kappa shape index (κ2) is 7.25. The molecule has 2 saturated heterocycles. The van der Waals surface area contributed by atoms with Crippen molar-refractivity contribution in [1.29, 1.82) is 0 Å². The Labute approximate surface area is 133 Å². The predicted octanol–water partition coefficient (Wildman–Crippen LogP) is 3.28. The largest absolute Gasteiger partial charge is 0.356 e. The van der Waals surface area contributed by atoms with E-state index in [1.807, 2.05) is 13.0 Å². The fraction of sp³-hybridized carbons (Fsp3) is 0.611. The third kappa shape index (κ3) is 3.18. The van der Waals surface area contributed by atoms with Crippen LogP contribution in [-0.2, 0) is 0 Å². The van der Waals surface area contributed by atoms with E-state index in [2.05, 4.69) is 28.0 Å². The van der Waals surface area contributed by atoms with E-state index < -0.39 is 0 Å². The highest BCUT2D eigenvalue weighted by molar-refractivity contribution is 5.62. The molecule has 2 aliphatic rings. The Kier molecular flexibility index (Phi) is 5.11. The Hall–Kier alpha value is -1.39. The molecule has 0 amide bonds. The van der Waals surface area contributed by atoms with Gasteiger partial charge in [0.15, 0.2) is 5.76 Å². The number of likely N-dealkylation sites (tertiary alicyclic amines) is 1. The Morgan fingerprint density at radius 2 is 1.95 bits per heavy atom. The summed E-state index contributed by atoms with van der Waals surface area (Å²) in [5.74, 6) is 1.32. The maximum absolute atomic E-state index is 5.45. The van der Waals surface area contributed by atoms with E-state index in [-0.39, 0.29) is 0 Å². The van der Waals surface area contributed by atoms with Crippen molar-refractivity contribution < 1.29 is 4.52 Å². The van der Waals surface area contributed by atoms with Crippen LogP contribution in [0.3, 0.4) is 0 Å². The molecule has 0 radical (unpaired) electrons. The van der Waals surface area contributed by atoms with Gasteiger partial charge in [0, 0.05) is 17.5 Å². The number of aromatic nitrogens is 1. The van der Waals surface area contributed by atoms with Crippen LogP contribution in [0.25, 0.3) is 12.2 Å². The third-order valence-corrected chi connectivity index (χ3v) is 5.04. The van der Waals surface area contributed by atoms with Crippen molar-refractivity contribution in [1.82, 2.24) is 15.4 Å². The Morgan fingerprint density at radius 1 is 1.23 bits per heavy atom. The summed E-state index contributed by atoms with van der Waals surface area (Å²) >= 11 is 0. The predicted molar refractivity (Wildman–Crippen MR) is 90.7 cm³/mol. The van der Waals surface area contributed by atoms with Crippen molar-refractivity contribution in [3.63, 3.8) is 0 Å².